The summed E-state index contributed by atoms with van der Waals surface area (Å²) >= 11 is 3.22. The lowest BCUT2D eigenvalue weighted by atomic mass is 10.1. The van der Waals surface area contributed by atoms with Crippen molar-refractivity contribution in [2.45, 2.75) is 4.83 Å². The molecule has 1 atom stereocenters. The molecule has 0 nitrogen and oxygen atoms in total. The summed E-state index contributed by atoms with van der Waals surface area (Å²) < 4.78 is 12.6. The minimum atomic E-state index is -0.262. The molecule has 0 fully saturated rings. The van der Waals surface area contributed by atoms with Gasteiger partial charge in [-0.25, -0.2) is 4.39 Å². The van der Waals surface area contributed by atoms with Crippen LogP contribution in [0.15, 0.2) is 24.3 Å². The van der Waals surface area contributed by atoms with Gasteiger partial charge in [0.2, 0.25) is 0 Å². The van der Waals surface area contributed by atoms with Gasteiger partial charge in [-0.3, -0.25) is 0 Å². The minimum Gasteiger partial charge on any atom is -0.207 e. The van der Waals surface area contributed by atoms with E-state index in [4.69, 9.17) is 6.42 Å². The van der Waals surface area contributed by atoms with E-state index in [-0.39, 0.29) is 10.6 Å². The molecule has 1 aromatic carbocycles. The number of halogens is 2. The second kappa shape index (κ2) is 3.54. The summed E-state index contributed by atoms with van der Waals surface area (Å²) in [7, 11) is 0. The zero-order valence-electron chi connectivity index (χ0n) is 5.72. The Bertz CT molecular complexity index is 288. The van der Waals surface area contributed by atoms with Gasteiger partial charge in [-0.05, 0) is 17.7 Å². The predicted octanol–water partition coefficient (Wildman–Crippen LogP) is 2.89. The number of terminal acetylenes is 1. The van der Waals surface area contributed by atoms with Crippen molar-refractivity contribution in [3.63, 3.8) is 0 Å². The van der Waals surface area contributed by atoms with Crippen LogP contribution in [0.25, 0.3) is 0 Å². The zero-order chi connectivity index (χ0) is 8.27. The third kappa shape index (κ3) is 2.06. The highest BCUT2D eigenvalue weighted by molar-refractivity contribution is 9.09. The molecular formula is C9H6BrF. The second-order valence-corrected chi connectivity index (χ2v) is 3.00. The van der Waals surface area contributed by atoms with E-state index in [0.29, 0.717) is 0 Å². The predicted molar refractivity (Wildman–Crippen MR) is 46.9 cm³/mol. The molecule has 0 saturated heterocycles. The quantitative estimate of drug-likeness (QED) is 0.497. The molecule has 0 aliphatic rings. The molecule has 0 amide bonds. The van der Waals surface area contributed by atoms with E-state index in [1.54, 1.807) is 12.1 Å². The van der Waals surface area contributed by atoms with E-state index in [9.17, 15) is 4.39 Å². The van der Waals surface area contributed by atoms with Crippen molar-refractivity contribution in [1.29, 1.82) is 0 Å². The summed E-state index contributed by atoms with van der Waals surface area (Å²) in [5.41, 5.74) is 0.771. The van der Waals surface area contributed by atoms with Gasteiger partial charge in [-0.1, -0.05) is 34.0 Å². The lowest BCUT2D eigenvalue weighted by Gasteiger charge is -2.00. The highest BCUT2D eigenvalue weighted by Crippen LogP contribution is 2.21. The normalized spacial score (nSPS) is 12.1. The molecule has 56 valence electrons. The fourth-order valence-electron chi connectivity index (χ4n) is 0.760. The van der Waals surface area contributed by atoms with E-state index in [1.165, 1.54) is 12.1 Å². The number of hydrogen-bond donors (Lipinski definition) is 0. The molecule has 0 bridgehead atoms. The van der Waals surface area contributed by atoms with Gasteiger partial charge in [0.25, 0.3) is 0 Å². The summed E-state index contributed by atoms with van der Waals surface area (Å²) in [6, 6.07) is 6.22. The van der Waals surface area contributed by atoms with Crippen LogP contribution in [-0.2, 0) is 0 Å². The Kier molecular flexibility index (Phi) is 2.67. The lowest BCUT2D eigenvalue weighted by molar-refractivity contribution is 0.626. The topological polar surface area (TPSA) is 0 Å². The second-order valence-electron chi connectivity index (χ2n) is 2.08. The molecule has 1 unspecified atom stereocenters. The standard InChI is InChI=1S/C9H6BrF/c1-2-9(10)7-4-3-5-8(11)6-7/h1,3-6,9H. The van der Waals surface area contributed by atoms with Crippen LogP contribution in [0.4, 0.5) is 4.39 Å². The van der Waals surface area contributed by atoms with Gasteiger partial charge in [0, 0.05) is 0 Å². The summed E-state index contributed by atoms with van der Waals surface area (Å²) in [5.74, 6) is 2.20. The number of hydrogen-bond acceptors (Lipinski definition) is 0. The number of benzene rings is 1. The van der Waals surface area contributed by atoms with Crippen molar-refractivity contribution >= 4 is 15.9 Å². The molecule has 0 N–H and O–H groups in total. The van der Waals surface area contributed by atoms with Gasteiger partial charge in [0.1, 0.15) is 10.6 Å². The Morgan fingerprint density at radius 2 is 2.27 bits per heavy atom. The fraction of sp³-hybridized carbons (Fsp3) is 0.111. The van der Waals surface area contributed by atoms with Crippen molar-refractivity contribution in [3.8, 4) is 12.3 Å². The Morgan fingerprint density at radius 3 is 2.82 bits per heavy atom. The summed E-state index contributed by atoms with van der Waals surface area (Å²) in [6.45, 7) is 0. The van der Waals surface area contributed by atoms with Crippen LogP contribution in [0.5, 0.6) is 0 Å². The van der Waals surface area contributed by atoms with Crippen molar-refractivity contribution < 1.29 is 4.39 Å². The highest BCUT2D eigenvalue weighted by atomic mass is 79.9. The minimum absolute atomic E-state index is 0.196. The van der Waals surface area contributed by atoms with Gasteiger partial charge >= 0.3 is 0 Å². The monoisotopic (exact) mass is 212 g/mol. The van der Waals surface area contributed by atoms with Crippen molar-refractivity contribution in [2.75, 3.05) is 0 Å². The first-order valence-corrected chi connectivity index (χ1v) is 4.01. The Hall–Kier alpha value is -0.810. The largest absolute Gasteiger partial charge is 0.207 e. The molecule has 0 aliphatic carbocycles. The van der Waals surface area contributed by atoms with E-state index >= 15 is 0 Å². The van der Waals surface area contributed by atoms with Crippen LogP contribution < -0.4 is 0 Å². The molecule has 0 saturated carbocycles. The van der Waals surface area contributed by atoms with Gasteiger partial charge in [0.05, 0.1) is 0 Å². The SMILES string of the molecule is C#CC(Br)c1cccc(F)c1. The average molecular weight is 213 g/mol. The maximum Gasteiger partial charge on any atom is 0.123 e. The Morgan fingerprint density at radius 1 is 1.55 bits per heavy atom. The van der Waals surface area contributed by atoms with E-state index in [0.717, 1.165) is 5.56 Å². The van der Waals surface area contributed by atoms with Crippen molar-refractivity contribution in [2.24, 2.45) is 0 Å². The summed E-state index contributed by atoms with van der Waals surface area (Å²) in [4.78, 5) is -0.196. The van der Waals surface area contributed by atoms with Gasteiger partial charge < -0.3 is 0 Å². The Labute approximate surface area is 73.6 Å². The van der Waals surface area contributed by atoms with Gasteiger partial charge in [-0.15, -0.1) is 6.42 Å². The summed E-state index contributed by atoms with van der Waals surface area (Å²) in [6.07, 6.45) is 5.13. The lowest BCUT2D eigenvalue weighted by Crippen LogP contribution is -1.85. The van der Waals surface area contributed by atoms with Crippen LogP contribution >= 0.6 is 15.9 Å². The number of rotatable bonds is 1. The Balaban J connectivity index is 2.98. The van der Waals surface area contributed by atoms with E-state index < -0.39 is 0 Å². The van der Waals surface area contributed by atoms with Crippen LogP contribution in [0.2, 0.25) is 0 Å². The first kappa shape index (κ1) is 8.29. The first-order valence-electron chi connectivity index (χ1n) is 3.09. The number of alkyl halides is 1. The van der Waals surface area contributed by atoms with Crippen molar-refractivity contribution in [3.05, 3.63) is 35.6 Å². The molecule has 2 heteroatoms. The third-order valence-corrected chi connectivity index (χ3v) is 2.08. The third-order valence-electron chi connectivity index (χ3n) is 1.29. The van der Waals surface area contributed by atoms with Gasteiger partial charge in [-0.2, -0.15) is 0 Å². The van der Waals surface area contributed by atoms with Crippen LogP contribution in [0.3, 0.4) is 0 Å². The van der Waals surface area contributed by atoms with E-state index in [1.807, 2.05) is 0 Å². The fourth-order valence-corrected chi connectivity index (χ4v) is 1.05. The van der Waals surface area contributed by atoms with Crippen molar-refractivity contribution in [1.82, 2.24) is 0 Å². The van der Waals surface area contributed by atoms with E-state index in [2.05, 4.69) is 21.9 Å². The molecule has 0 spiro atoms. The molecule has 0 aromatic heterocycles. The zero-order valence-corrected chi connectivity index (χ0v) is 7.31. The maximum atomic E-state index is 12.6. The maximum absolute atomic E-state index is 12.6. The molecule has 0 aliphatic heterocycles. The molecular weight excluding hydrogens is 207 g/mol. The first-order chi connectivity index (χ1) is 5.24. The highest BCUT2D eigenvalue weighted by Gasteiger charge is 2.02. The smallest absolute Gasteiger partial charge is 0.123 e. The molecule has 1 rings (SSSR count). The van der Waals surface area contributed by atoms with Crippen LogP contribution in [0, 0.1) is 18.2 Å². The van der Waals surface area contributed by atoms with Crippen LogP contribution in [0.1, 0.15) is 10.4 Å². The van der Waals surface area contributed by atoms with Gasteiger partial charge in [0.15, 0.2) is 0 Å². The molecule has 11 heavy (non-hydrogen) atoms. The molecule has 0 heterocycles. The average Bonchev–Trinajstić information content (AvgIpc) is 2.03. The summed E-state index contributed by atoms with van der Waals surface area (Å²) in [5, 5.41) is 0. The molecule has 1 aromatic rings. The van der Waals surface area contributed by atoms with Crippen LogP contribution in [-0.4, -0.2) is 0 Å². The molecule has 0 radical (unpaired) electrons.